The van der Waals surface area contributed by atoms with Crippen LogP contribution in [0.1, 0.15) is 5.82 Å². The van der Waals surface area contributed by atoms with Gasteiger partial charge in [0.15, 0.2) is 5.82 Å². The molecule has 6 nitrogen and oxygen atoms in total. The summed E-state index contributed by atoms with van der Waals surface area (Å²) in [5.74, 6) is 1.37. The number of halogens is 1. The van der Waals surface area contributed by atoms with Crippen molar-refractivity contribution in [3.63, 3.8) is 0 Å². The van der Waals surface area contributed by atoms with Gasteiger partial charge in [0.2, 0.25) is 0 Å². The van der Waals surface area contributed by atoms with Crippen molar-refractivity contribution < 1.29 is 4.74 Å². The SMILES string of the molecule is COCCN(C)Cc1nc2ncc(Br)cn2n1. The Bertz CT molecular complexity index is 500. The van der Waals surface area contributed by atoms with Gasteiger partial charge >= 0.3 is 0 Å². The summed E-state index contributed by atoms with van der Waals surface area (Å²) in [7, 11) is 3.70. The lowest BCUT2D eigenvalue weighted by Crippen LogP contribution is -2.22. The summed E-state index contributed by atoms with van der Waals surface area (Å²) in [5.41, 5.74) is 0. The number of methoxy groups -OCH3 is 1. The second kappa shape index (κ2) is 5.52. The summed E-state index contributed by atoms with van der Waals surface area (Å²) >= 11 is 3.35. The van der Waals surface area contributed by atoms with Gasteiger partial charge in [0.25, 0.3) is 5.78 Å². The molecule has 0 aliphatic heterocycles. The maximum absolute atomic E-state index is 5.02. The molecule has 0 aliphatic carbocycles. The number of fused-ring (bicyclic) bond motifs is 1. The van der Waals surface area contributed by atoms with Crippen LogP contribution in [0.5, 0.6) is 0 Å². The average molecular weight is 300 g/mol. The highest BCUT2D eigenvalue weighted by atomic mass is 79.9. The van der Waals surface area contributed by atoms with Gasteiger partial charge in [-0.15, -0.1) is 5.10 Å². The van der Waals surface area contributed by atoms with E-state index in [-0.39, 0.29) is 0 Å². The number of rotatable bonds is 5. The smallest absolute Gasteiger partial charge is 0.252 e. The first-order chi connectivity index (χ1) is 8.19. The molecular formula is C10H14BrN5O. The van der Waals surface area contributed by atoms with Crippen molar-refractivity contribution in [1.82, 2.24) is 24.5 Å². The van der Waals surface area contributed by atoms with Crippen molar-refractivity contribution >= 4 is 21.7 Å². The van der Waals surface area contributed by atoms with Crippen molar-refractivity contribution in [2.24, 2.45) is 0 Å². The summed E-state index contributed by atoms with van der Waals surface area (Å²) in [6.07, 6.45) is 3.55. The third kappa shape index (κ3) is 3.21. The van der Waals surface area contributed by atoms with Crippen molar-refractivity contribution in [1.29, 1.82) is 0 Å². The second-order valence-electron chi connectivity index (χ2n) is 3.78. The Morgan fingerprint density at radius 2 is 2.35 bits per heavy atom. The van der Waals surface area contributed by atoms with E-state index in [4.69, 9.17) is 4.74 Å². The van der Waals surface area contributed by atoms with E-state index in [1.807, 2.05) is 13.2 Å². The topological polar surface area (TPSA) is 55.5 Å². The molecule has 0 amide bonds. The average Bonchev–Trinajstić information content (AvgIpc) is 2.67. The first-order valence-corrected chi connectivity index (χ1v) is 6.02. The van der Waals surface area contributed by atoms with Crippen LogP contribution in [-0.4, -0.2) is 51.8 Å². The maximum Gasteiger partial charge on any atom is 0.252 e. The zero-order valence-corrected chi connectivity index (χ0v) is 11.4. The molecule has 17 heavy (non-hydrogen) atoms. The molecule has 2 aromatic rings. The predicted octanol–water partition coefficient (Wildman–Crippen LogP) is 0.965. The Balaban J connectivity index is 2.08. The van der Waals surface area contributed by atoms with Gasteiger partial charge in [-0.3, -0.25) is 4.90 Å². The molecule has 0 radical (unpaired) electrons. The zero-order chi connectivity index (χ0) is 12.3. The molecule has 2 rings (SSSR count). The van der Waals surface area contributed by atoms with Crippen LogP contribution in [0.2, 0.25) is 0 Å². The molecule has 2 heterocycles. The van der Waals surface area contributed by atoms with Gasteiger partial charge in [-0.25, -0.2) is 9.50 Å². The molecule has 0 N–H and O–H groups in total. The van der Waals surface area contributed by atoms with Crippen molar-refractivity contribution in [3.05, 3.63) is 22.7 Å². The van der Waals surface area contributed by atoms with Gasteiger partial charge in [0, 0.05) is 26.0 Å². The lowest BCUT2D eigenvalue weighted by molar-refractivity contribution is 0.157. The molecule has 7 heteroatoms. The number of hydrogen-bond donors (Lipinski definition) is 0. The molecule has 0 saturated carbocycles. The highest BCUT2D eigenvalue weighted by molar-refractivity contribution is 9.10. The minimum Gasteiger partial charge on any atom is -0.383 e. The summed E-state index contributed by atoms with van der Waals surface area (Å²) in [6, 6.07) is 0. The quantitative estimate of drug-likeness (QED) is 0.823. The highest BCUT2D eigenvalue weighted by Crippen LogP contribution is 2.08. The van der Waals surface area contributed by atoms with Crippen LogP contribution in [0.25, 0.3) is 5.78 Å². The molecular weight excluding hydrogens is 286 g/mol. The van der Waals surface area contributed by atoms with Gasteiger partial charge in [0.05, 0.1) is 17.6 Å². The van der Waals surface area contributed by atoms with Gasteiger partial charge in [-0.05, 0) is 23.0 Å². The normalized spacial score (nSPS) is 11.5. The molecule has 0 bridgehead atoms. The van der Waals surface area contributed by atoms with E-state index in [1.54, 1.807) is 17.8 Å². The lowest BCUT2D eigenvalue weighted by atomic mass is 10.5. The minimum absolute atomic E-state index is 0.614. The number of aromatic nitrogens is 4. The molecule has 92 valence electrons. The summed E-state index contributed by atoms with van der Waals surface area (Å²) in [4.78, 5) is 10.6. The summed E-state index contributed by atoms with van der Waals surface area (Å²) in [6.45, 7) is 2.24. The Labute approximate surface area is 108 Å². The van der Waals surface area contributed by atoms with Crippen LogP contribution in [0, 0.1) is 0 Å². The third-order valence-electron chi connectivity index (χ3n) is 2.29. The summed E-state index contributed by atoms with van der Waals surface area (Å²) < 4.78 is 7.57. The van der Waals surface area contributed by atoms with E-state index in [0.717, 1.165) is 16.8 Å². The molecule has 0 spiro atoms. The first-order valence-electron chi connectivity index (χ1n) is 5.23. The lowest BCUT2D eigenvalue weighted by Gasteiger charge is -2.12. The van der Waals surface area contributed by atoms with E-state index >= 15 is 0 Å². The molecule has 0 fully saturated rings. The fourth-order valence-electron chi connectivity index (χ4n) is 1.44. The second-order valence-corrected chi connectivity index (χ2v) is 4.69. The largest absolute Gasteiger partial charge is 0.383 e. The van der Waals surface area contributed by atoms with Gasteiger partial charge in [-0.1, -0.05) is 0 Å². The Morgan fingerprint density at radius 3 is 3.12 bits per heavy atom. The third-order valence-corrected chi connectivity index (χ3v) is 2.70. The Morgan fingerprint density at radius 1 is 1.53 bits per heavy atom. The van der Waals surface area contributed by atoms with Gasteiger partial charge in [-0.2, -0.15) is 4.98 Å². The van der Waals surface area contributed by atoms with E-state index < -0.39 is 0 Å². The molecule has 0 unspecified atom stereocenters. The minimum atomic E-state index is 0.614. The van der Waals surface area contributed by atoms with Crippen LogP contribution >= 0.6 is 15.9 Å². The van der Waals surface area contributed by atoms with Gasteiger partial charge < -0.3 is 4.74 Å². The Kier molecular flexibility index (Phi) is 4.03. The van der Waals surface area contributed by atoms with Crippen LogP contribution in [0.3, 0.4) is 0 Å². The summed E-state index contributed by atoms with van der Waals surface area (Å²) in [5, 5.41) is 4.35. The van der Waals surface area contributed by atoms with E-state index in [2.05, 4.69) is 35.9 Å². The van der Waals surface area contributed by atoms with Crippen molar-refractivity contribution in [2.45, 2.75) is 6.54 Å². The maximum atomic E-state index is 5.02. The number of likely N-dealkylation sites (N-methyl/N-ethyl adjacent to an activating group) is 1. The van der Waals surface area contributed by atoms with Crippen molar-refractivity contribution in [2.75, 3.05) is 27.3 Å². The molecule has 0 saturated heterocycles. The van der Waals surface area contributed by atoms with Crippen LogP contribution in [0.15, 0.2) is 16.9 Å². The van der Waals surface area contributed by atoms with E-state index in [1.165, 1.54) is 0 Å². The standard InChI is InChI=1S/C10H14BrN5O/c1-15(3-4-17-2)7-9-13-10-12-5-8(11)6-16(10)14-9/h5-6H,3-4,7H2,1-2H3. The van der Waals surface area contributed by atoms with Crippen LogP contribution in [0.4, 0.5) is 0 Å². The molecule has 0 aliphatic rings. The van der Waals surface area contributed by atoms with Crippen molar-refractivity contribution in [3.8, 4) is 0 Å². The Hall–Kier alpha value is -1.05. The fourth-order valence-corrected chi connectivity index (χ4v) is 1.73. The van der Waals surface area contributed by atoms with Crippen LogP contribution < -0.4 is 0 Å². The van der Waals surface area contributed by atoms with Crippen LogP contribution in [-0.2, 0) is 11.3 Å². The fraction of sp³-hybridized carbons (Fsp3) is 0.500. The van der Waals surface area contributed by atoms with Gasteiger partial charge in [0.1, 0.15) is 0 Å². The predicted molar refractivity (Wildman–Crippen MR) is 66.7 cm³/mol. The number of nitrogens with zero attached hydrogens (tertiary/aromatic N) is 5. The number of ether oxygens (including phenoxy) is 1. The first kappa shape index (κ1) is 12.4. The molecule has 0 aromatic carbocycles. The monoisotopic (exact) mass is 299 g/mol. The highest BCUT2D eigenvalue weighted by Gasteiger charge is 2.07. The molecule has 0 atom stereocenters. The van der Waals surface area contributed by atoms with E-state index in [9.17, 15) is 0 Å². The number of hydrogen-bond acceptors (Lipinski definition) is 5. The van der Waals surface area contributed by atoms with E-state index in [0.29, 0.717) is 18.9 Å². The zero-order valence-electron chi connectivity index (χ0n) is 9.80. The molecule has 2 aromatic heterocycles.